The quantitative estimate of drug-likeness (QED) is 0.769. The summed E-state index contributed by atoms with van der Waals surface area (Å²) in [6, 6.07) is 1.35. The Morgan fingerprint density at radius 3 is 2.85 bits per heavy atom. The number of anilines is 1. The Morgan fingerprint density at radius 2 is 2.38 bits per heavy atom. The van der Waals surface area contributed by atoms with E-state index >= 15 is 0 Å². The SMILES string of the molecule is CCN(OC)c1ncc(Br)cc1F. The normalized spacial score (nSPS) is 10.2. The highest BCUT2D eigenvalue weighted by Crippen LogP contribution is 2.19. The van der Waals surface area contributed by atoms with Gasteiger partial charge >= 0.3 is 0 Å². The largest absolute Gasteiger partial charge is 0.275 e. The third-order valence-corrected chi connectivity index (χ3v) is 1.97. The molecule has 1 aromatic rings. The number of hydrogen-bond acceptors (Lipinski definition) is 3. The fraction of sp³-hybridized carbons (Fsp3) is 0.375. The maximum absolute atomic E-state index is 13.3. The number of nitrogens with zero attached hydrogens (tertiary/aromatic N) is 2. The van der Waals surface area contributed by atoms with E-state index in [2.05, 4.69) is 20.9 Å². The van der Waals surface area contributed by atoms with Crippen molar-refractivity contribution in [3.05, 3.63) is 22.6 Å². The molecule has 0 bridgehead atoms. The molecule has 0 fully saturated rings. The van der Waals surface area contributed by atoms with Gasteiger partial charge in [0.2, 0.25) is 0 Å². The Bertz CT molecular complexity index is 291. The minimum absolute atomic E-state index is 0.202. The van der Waals surface area contributed by atoms with Crippen LogP contribution in [-0.2, 0) is 4.84 Å². The van der Waals surface area contributed by atoms with Gasteiger partial charge in [-0.2, -0.15) is 0 Å². The molecule has 0 aliphatic rings. The molecule has 0 radical (unpaired) electrons. The van der Waals surface area contributed by atoms with Crippen molar-refractivity contribution in [1.29, 1.82) is 0 Å². The van der Waals surface area contributed by atoms with E-state index in [1.54, 1.807) is 0 Å². The lowest BCUT2D eigenvalue weighted by molar-refractivity contribution is 0.166. The molecule has 0 atom stereocenters. The average molecular weight is 249 g/mol. The molecular formula is C8H10BrFN2O. The van der Waals surface area contributed by atoms with Crippen LogP contribution in [0.5, 0.6) is 0 Å². The number of halogens is 2. The number of pyridine rings is 1. The molecule has 0 amide bonds. The zero-order valence-corrected chi connectivity index (χ0v) is 9.01. The highest BCUT2D eigenvalue weighted by molar-refractivity contribution is 9.10. The monoisotopic (exact) mass is 248 g/mol. The maximum atomic E-state index is 13.3. The van der Waals surface area contributed by atoms with Crippen molar-refractivity contribution >= 4 is 21.7 Å². The summed E-state index contributed by atoms with van der Waals surface area (Å²) in [6.07, 6.45) is 1.53. The van der Waals surface area contributed by atoms with Crippen molar-refractivity contribution < 1.29 is 9.23 Å². The molecule has 0 aliphatic carbocycles. The summed E-state index contributed by atoms with van der Waals surface area (Å²) in [7, 11) is 1.48. The van der Waals surface area contributed by atoms with Crippen LogP contribution in [-0.4, -0.2) is 18.6 Å². The maximum Gasteiger partial charge on any atom is 0.188 e. The molecule has 0 saturated carbocycles. The Labute approximate surface area is 84.6 Å². The van der Waals surface area contributed by atoms with Crippen molar-refractivity contribution in [2.24, 2.45) is 0 Å². The van der Waals surface area contributed by atoms with Gasteiger partial charge in [0.05, 0.1) is 7.11 Å². The van der Waals surface area contributed by atoms with E-state index < -0.39 is 5.82 Å². The van der Waals surface area contributed by atoms with Crippen LogP contribution in [0.15, 0.2) is 16.7 Å². The number of hydroxylamine groups is 1. The Hall–Kier alpha value is -0.680. The molecular weight excluding hydrogens is 239 g/mol. The summed E-state index contributed by atoms with van der Waals surface area (Å²) >= 11 is 3.13. The predicted octanol–water partition coefficient (Wildman–Crippen LogP) is 2.37. The molecule has 0 aromatic carbocycles. The van der Waals surface area contributed by atoms with Gasteiger partial charge < -0.3 is 0 Å². The fourth-order valence-corrected chi connectivity index (χ4v) is 1.26. The van der Waals surface area contributed by atoms with E-state index in [9.17, 15) is 4.39 Å². The van der Waals surface area contributed by atoms with E-state index in [4.69, 9.17) is 4.84 Å². The fourth-order valence-electron chi connectivity index (χ4n) is 0.956. The molecule has 72 valence electrons. The molecule has 0 spiro atoms. The summed E-state index contributed by atoms with van der Waals surface area (Å²) in [5.74, 6) is -0.203. The molecule has 13 heavy (non-hydrogen) atoms. The zero-order valence-electron chi connectivity index (χ0n) is 7.42. The van der Waals surface area contributed by atoms with Gasteiger partial charge in [0, 0.05) is 17.2 Å². The van der Waals surface area contributed by atoms with E-state index in [1.165, 1.54) is 24.4 Å². The number of aromatic nitrogens is 1. The molecule has 3 nitrogen and oxygen atoms in total. The van der Waals surface area contributed by atoms with Crippen molar-refractivity contribution in [1.82, 2.24) is 4.98 Å². The minimum atomic E-state index is -0.405. The highest BCUT2D eigenvalue weighted by Gasteiger charge is 2.10. The van der Waals surface area contributed by atoms with Gasteiger partial charge in [-0.1, -0.05) is 0 Å². The first-order chi connectivity index (χ1) is 6.19. The van der Waals surface area contributed by atoms with Crippen molar-refractivity contribution in [2.45, 2.75) is 6.92 Å². The summed E-state index contributed by atoms with van der Waals surface area (Å²) in [5.41, 5.74) is 0. The van der Waals surface area contributed by atoms with E-state index in [-0.39, 0.29) is 5.82 Å². The van der Waals surface area contributed by atoms with Crippen LogP contribution in [0.3, 0.4) is 0 Å². The molecule has 0 aliphatic heterocycles. The van der Waals surface area contributed by atoms with Crippen LogP contribution in [0.1, 0.15) is 6.92 Å². The minimum Gasteiger partial charge on any atom is -0.275 e. The second kappa shape index (κ2) is 4.53. The van der Waals surface area contributed by atoms with Gasteiger partial charge in [-0.3, -0.25) is 4.84 Å². The van der Waals surface area contributed by atoms with Crippen LogP contribution >= 0.6 is 15.9 Å². The summed E-state index contributed by atoms with van der Waals surface area (Å²) in [6.45, 7) is 2.40. The van der Waals surface area contributed by atoms with Crippen LogP contribution < -0.4 is 5.06 Å². The molecule has 5 heteroatoms. The standard InChI is InChI=1S/C8H10BrFN2O/c1-3-12(13-2)8-7(10)4-6(9)5-11-8/h4-5H,3H2,1-2H3. The first-order valence-electron chi connectivity index (χ1n) is 3.81. The van der Waals surface area contributed by atoms with Crippen LogP contribution in [0.2, 0.25) is 0 Å². The van der Waals surface area contributed by atoms with Crippen molar-refractivity contribution in [2.75, 3.05) is 18.7 Å². The first kappa shape index (κ1) is 10.4. The molecule has 0 saturated heterocycles. The Kier molecular flexibility index (Phi) is 3.62. The smallest absolute Gasteiger partial charge is 0.188 e. The average Bonchev–Trinajstić information content (AvgIpc) is 2.10. The lowest BCUT2D eigenvalue weighted by Crippen LogP contribution is -2.23. The Balaban J connectivity index is 2.99. The molecule has 1 rings (SSSR count). The first-order valence-corrected chi connectivity index (χ1v) is 4.61. The predicted molar refractivity (Wildman–Crippen MR) is 51.9 cm³/mol. The van der Waals surface area contributed by atoms with Gasteiger partial charge in [-0.25, -0.2) is 14.4 Å². The number of rotatable bonds is 3. The van der Waals surface area contributed by atoms with E-state index in [0.717, 1.165) is 0 Å². The van der Waals surface area contributed by atoms with Gasteiger partial charge in [0.25, 0.3) is 0 Å². The van der Waals surface area contributed by atoms with Crippen LogP contribution in [0, 0.1) is 5.82 Å². The third-order valence-electron chi connectivity index (χ3n) is 1.53. The molecule has 1 heterocycles. The second-order valence-electron chi connectivity index (χ2n) is 2.34. The molecule has 0 unspecified atom stereocenters. The summed E-state index contributed by atoms with van der Waals surface area (Å²) in [4.78, 5) is 8.82. The van der Waals surface area contributed by atoms with Gasteiger partial charge in [-0.15, -0.1) is 0 Å². The Morgan fingerprint density at radius 1 is 1.69 bits per heavy atom. The van der Waals surface area contributed by atoms with Crippen LogP contribution in [0.25, 0.3) is 0 Å². The number of hydrogen-bond donors (Lipinski definition) is 0. The highest BCUT2D eigenvalue weighted by atomic mass is 79.9. The topological polar surface area (TPSA) is 25.4 Å². The van der Waals surface area contributed by atoms with E-state index in [0.29, 0.717) is 11.0 Å². The second-order valence-corrected chi connectivity index (χ2v) is 3.25. The molecule has 0 N–H and O–H groups in total. The van der Waals surface area contributed by atoms with Crippen LogP contribution in [0.4, 0.5) is 10.2 Å². The van der Waals surface area contributed by atoms with E-state index in [1.807, 2.05) is 6.92 Å². The summed E-state index contributed by atoms with van der Waals surface area (Å²) in [5, 5.41) is 1.38. The lowest BCUT2D eigenvalue weighted by atomic mass is 10.4. The lowest BCUT2D eigenvalue weighted by Gasteiger charge is -2.18. The third kappa shape index (κ3) is 2.38. The van der Waals surface area contributed by atoms with Gasteiger partial charge in [0.1, 0.15) is 0 Å². The van der Waals surface area contributed by atoms with Crippen molar-refractivity contribution in [3.63, 3.8) is 0 Å². The van der Waals surface area contributed by atoms with Gasteiger partial charge in [0.15, 0.2) is 11.6 Å². The molecule has 1 aromatic heterocycles. The van der Waals surface area contributed by atoms with Gasteiger partial charge in [-0.05, 0) is 28.9 Å². The summed E-state index contributed by atoms with van der Waals surface area (Å²) < 4.78 is 13.9. The van der Waals surface area contributed by atoms with Crippen molar-refractivity contribution in [3.8, 4) is 0 Å². The zero-order chi connectivity index (χ0) is 9.84.